The van der Waals surface area contributed by atoms with E-state index >= 15 is 0 Å². The van der Waals surface area contributed by atoms with E-state index in [9.17, 15) is 19.2 Å². The van der Waals surface area contributed by atoms with Gasteiger partial charge in [-0.2, -0.15) is 0 Å². The molecule has 0 aromatic heterocycles. The Hall–Kier alpha value is -3.12. The molecular weight excluding hydrogens is 809 g/mol. The van der Waals surface area contributed by atoms with Crippen molar-refractivity contribution < 1.29 is 38.3 Å². The summed E-state index contributed by atoms with van der Waals surface area (Å²) >= 11 is 0. The van der Waals surface area contributed by atoms with Crippen LogP contribution in [0.4, 0.5) is 0 Å². The number of nitrogens with one attached hydrogen (secondary N) is 2. The molecule has 0 spiro atoms. The fourth-order valence-electron chi connectivity index (χ4n) is 17.3. The van der Waals surface area contributed by atoms with Crippen molar-refractivity contribution in [3.8, 4) is 0 Å². The molecule has 6 unspecified atom stereocenters. The largest absolute Gasteiger partial charge is 0.458 e. The molecule has 12 nitrogen and oxygen atoms in total. The Balaban J connectivity index is 0.893. The molecule has 12 heteroatoms. The van der Waals surface area contributed by atoms with Gasteiger partial charge in [0.1, 0.15) is 36.0 Å². The maximum absolute atomic E-state index is 14.2. The zero-order valence-corrected chi connectivity index (χ0v) is 39.5. The lowest BCUT2D eigenvalue weighted by Gasteiger charge is -2.63. The summed E-state index contributed by atoms with van der Waals surface area (Å²) in [6.45, 7) is 17.2. The van der Waals surface area contributed by atoms with E-state index in [4.69, 9.17) is 29.5 Å². The van der Waals surface area contributed by atoms with E-state index in [1.165, 1.54) is 12.2 Å². The van der Waals surface area contributed by atoms with Gasteiger partial charge in [-0.15, -0.1) is 0 Å². The van der Waals surface area contributed by atoms with Gasteiger partial charge in [-0.25, -0.2) is 9.59 Å². The van der Waals surface area contributed by atoms with Crippen molar-refractivity contribution in [2.75, 3.05) is 26.2 Å². The number of esters is 2. The average Bonchev–Trinajstić information content (AvgIpc) is 4.09. The van der Waals surface area contributed by atoms with E-state index in [0.717, 1.165) is 115 Å². The number of ketones is 2. The molecule has 2 N–H and O–H groups in total. The van der Waals surface area contributed by atoms with Gasteiger partial charge < -0.3 is 29.8 Å². The molecule has 0 bridgehead atoms. The van der Waals surface area contributed by atoms with Crippen LogP contribution in [0.2, 0.25) is 0 Å². The van der Waals surface area contributed by atoms with Crippen LogP contribution in [-0.4, -0.2) is 85.5 Å². The van der Waals surface area contributed by atoms with Gasteiger partial charge in [-0.1, -0.05) is 51.9 Å². The normalized spacial score (nSPS) is 49.7. The van der Waals surface area contributed by atoms with E-state index < -0.39 is 24.1 Å². The predicted molar refractivity (Wildman–Crippen MR) is 242 cm³/mol. The van der Waals surface area contributed by atoms with Gasteiger partial charge in [-0.05, 0) is 136 Å². The summed E-state index contributed by atoms with van der Waals surface area (Å²) in [6.07, 6.45) is 15.2. The van der Waals surface area contributed by atoms with Crippen LogP contribution in [0, 0.1) is 80.8 Å². The molecule has 2 heterocycles. The van der Waals surface area contributed by atoms with E-state index in [2.05, 4.69) is 52.2 Å². The number of fused-ring (bicyclic) bond motifs is 10. The smallest absolute Gasteiger partial charge is 0.331 e. The molecule has 0 aromatic rings. The van der Waals surface area contributed by atoms with Gasteiger partial charge in [0, 0.05) is 85.4 Å². The Labute approximate surface area is 381 Å². The Bertz CT molecular complexity index is 1820. The first-order chi connectivity index (χ1) is 30.6. The number of carbonyl (C=O) groups excluding carboxylic acids is 4. The van der Waals surface area contributed by atoms with Crippen LogP contribution in [0.15, 0.2) is 22.5 Å². The first-order valence-electron chi connectivity index (χ1n) is 25.6. The highest BCUT2D eigenvalue weighted by molar-refractivity contribution is 5.93. The zero-order valence-electron chi connectivity index (χ0n) is 39.5. The van der Waals surface area contributed by atoms with Crippen LogP contribution in [0.5, 0.6) is 0 Å². The van der Waals surface area contributed by atoms with Crippen molar-refractivity contribution in [1.82, 2.24) is 10.6 Å². The Kier molecular flexibility index (Phi) is 11.8. The van der Waals surface area contributed by atoms with Crippen molar-refractivity contribution in [2.45, 2.75) is 169 Å². The second-order valence-corrected chi connectivity index (χ2v) is 23.7. The molecule has 352 valence electrons. The molecule has 2 aliphatic heterocycles. The number of oxime groups is 2. The molecule has 0 aromatic carbocycles. The maximum atomic E-state index is 14.2. The minimum atomic E-state index is -0.548. The number of hydrogen-bond acceptors (Lipinski definition) is 12. The van der Waals surface area contributed by atoms with Gasteiger partial charge in [0.25, 0.3) is 0 Å². The summed E-state index contributed by atoms with van der Waals surface area (Å²) in [5, 5.41) is 16.2. The Morgan fingerprint density at radius 1 is 0.578 bits per heavy atom. The third-order valence-corrected chi connectivity index (χ3v) is 20.9. The lowest BCUT2D eigenvalue weighted by molar-refractivity contribution is -0.188. The summed E-state index contributed by atoms with van der Waals surface area (Å²) in [4.78, 5) is 67.0. The topological polar surface area (TPSA) is 154 Å². The molecule has 8 saturated carbocycles. The monoisotopic (exact) mass is 885 g/mol. The van der Waals surface area contributed by atoms with Gasteiger partial charge in [0.2, 0.25) is 0 Å². The average molecular weight is 885 g/mol. The standard InChI is InChI=1S/C52H76N4O8/c1-29-21-35-37-7-9-43(57)49(37,3)17-13-39(35)51(5)41(29)23-31(55-63-33-15-19-53-27-33)25-45(51)61-47(59)11-12-48(60)62-46-26-32(56-64-34-16-20-54-28-34)24-42-30(2)22-36-38-8-10-44(58)50(38,4)18-14-40(36)52(42,46)6/h11-12,29-30,33-42,45-46,53-54H,7-10,13-28H2,1-6H3/b12-11+,55-31?,56-32?/t29?,30?,33-,34-,35+,36+,37+,38+,39-,40-,41?,42?,45?,46?,49+,50+,51-,52-/m1/s1. The first kappa shape index (κ1) is 44.7. The maximum Gasteiger partial charge on any atom is 0.331 e. The molecule has 64 heavy (non-hydrogen) atoms. The number of ether oxygens (including phenoxy) is 2. The number of rotatable bonds is 8. The summed E-state index contributed by atoms with van der Waals surface area (Å²) in [7, 11) is 0. The summed E-state index contributed by atoms with van der Waals surface area (Å²) in [5.74, 6) is 3.11. The highest BCUT2D eigenvalue weighted by Crippen LogP contribution is 2.68. The van der Waals surface area contributed by atoms with Gasteiger partial charge in [-0.3, -0.25) is 9.59 Å². The fourth-order valence-corrected chi connectivity index (χ4v) is 17.3. The van der Waals surface area contributed by atoms with Crippen LogP contribution < -0.4 is 10.6 Å². The molecule has 18 atom stereocenters. The third-order valence-electron chi connectivity index (χ3n) is 20.9. The lowest BCUT2D eigenvalue weighted by Crippen LogP contribution is -2.61. The van der Waals surface area contributed by atoms with Crippen molar-refractivity contribution in [3.05, 3.63) is 12.2 Å². The number of carbonyl (C=O) groups is 4. The van der Waals surface area contributed by atoms with Crippen molar-refractivity contribution in [3.63, 3.8) is 0 Å². The van der Waals surface area contributed by atoms with Crippen LogP contribution in [0.1, 0.15) is 144 Å². The molecule has 8 aliphatic carbocycles. The van der Waals surface area contributed by atoms with E-state index in [1.807, 2.05) is 0 Å². The Morgan fingerprint density at radius 3 is 1.39 bits per heavy atom. The molecule has 2 saturated heterocycles. The van der Waals surface area contributed by atoms with Gasteiger partial charge in [0.05, 0.1) is 11.4 Å². The molecule has 10 aliphatic rings. The highest BCUT2D eigenvalue weighted by Gasteiger charge is 2.66. The fraction of sp³-hybridized carbons (Fsp3) is 0.846. The SMILES string of the molecule is CC1C[C@@H]2[C@@H](CC[C@]3(C)C(=O)CC[C@@H]23)[C@@]2(C)C(OC(=O)/C=C/C(=O)OC3CC(=NO[C@@H]4CCNC4)CC4C(C)C[C@@H]5[C@@H](CC[C@]6(C)C(=O)CC[C@@H]56)[C@@]34C)CC(=NO[C@@H]3CCNC3)CC12. The van der Waals surface area contributed by atoms with Crippen molar-refractivity contribution >= 4 is 34.9 Å². The molecule has 10 fully saturated rings. The van der Waals surface area contributed by atoms with Crippen LogP contribution in [-0.2, 0) is 38.3 Å². The summed E-state index contributed by atoms with van der Waals surface area (Å²) in [5.41, 5.74) is 0.729. The minimum absolute atomic E-state index is 0.0361. The summed E-state index contributed by atoms with van der Waals surface area (Å²) in [6, 6.07) is 0. The van der Waals surface area contributed by atoms with Crippen LogP contribution in [0.25, 0.3) is 0 Å². The van der Waals surface area contributed by atoms with Gasteiger partial charge >= 0.3 is 11.9 Å². The second kappa shape index (κ2) is 16.9. The molecule has 0 radical (unpaired) electrons. The van der Waals surface area contributed by atoms with Crippen molar-refractivity contribution in [2.24, 2.45) is 91.2 Å². The zero-order chi connectivity index (χ0) is 44.8. The van der Waals surface area contributed by atoms with E-state index in [0.29, 0.717) is 84.6 Å². The minimum Gasteiger partial charge on any atom is -0.458 e. The van der Waals surface area contributed by atoms with E-state index in [-0.39, 0.29) is 45.7 Å². The van der Waals surface area contributed by atoms with Crippen LogP contribution in [0.3, 0.4) is 0 Å². The summed E-state index contributed by atoms with van der Waals surface area (Å²) < 4.78 is 13.2. The number of Topliss-reactive ketones (excluding diaryl/α,β-unsaturated/α-hetero) is 2. The van der Waals surface area contributed by atoms with E-state index in [1.54, 1.807) is 0 Å². The number of nitrogens with zero attached hydrogens (tertiary/aromatic N) is 2. The lowest BCUT2D eigenvalue weighted by atomic mass is 9.42. The molecule has 0 amide bonds. The second-order valence-electron chi connectivity index (χ2n) is 23.7. The molecule has 10 rings (SSSR count). The van der Waals surface area contributed by atoms with Crippen LogP contribution >= 0.6 is 0 Å². The Morgan fingerprint density at radius 2 is 1.00 bits per heavy atom. The quantitative estimate of drug-likeness (QED) is 0.140. The van der Waals surface area contributed by atoms with Crippen molar-refractivity contribution in [1.29, 1.82) is 0 Å². The van der Waals surface area contributed by atoms with Gasteiger partial charge in [0.15, 0.2) is 0 Å². The first-order valence-corrected chi connectivity index (χ1v) is 25.6. The third kappa shape index (κ3) is 7.34. The molecular formula is C52H76N4O8. The predicted octanol–water partition coefficient (Wildman–Crippen LogP) is 7.77. The number of hydrogen-bond donors (Lipinski definition) is 2. The highest BCUT2D eigenvalue weighted by atomic mass is 16.6.